The topological polar surface area (TPSA) is 70.7 Å². The Hall–Kier alpha value is -3.80. The first-order valence-corrected chi connectivity index (χ1v) is 11.8. The molecule has 0 spiro atoms. The summed E-state index contributed by atoms with van der Waals surface area (Å²) in [6, 6.07) is 23.5. The van der Waals surface area contributed by atoms with E-state index in [9.17, 15) is 9.59 Å². The monoisotopic (exact) mass is 455 g/mol. The van der Waals surface area contributed by atoms with Gasteiger partial charge in [-0.2, -0.15) is 0 Å². The highest BCUT2D eigenvalue weighted by Gasteiger charge is 2.35. The van der Waals surface area contributed by atoms with Crippen LogP contribution >= 0.6 is 0 Å². The van der Waals surface area contributed by atoms with Gasteiger partial charge in [0, 0.05) is 17.8 Å². The van der Waals surface area contributed by atoms with E-state index in [4.69, 9.17) is 4.74 Å². The van der Waals surface area contributed by atoms with Gasteiger partial charge in [-0.25, -0.2) is 4.79 Å². The number of ether oxygens (including phenoxy) is 1. The second-order valence-electron chi connectivity index (χ2n) is 8.95. The van der Waals surface area contributed by atoms with Crippen LogP contribution in [0.4, 0.5) is 10.5 Å². The van der Waals surface area contributed by atoms with Gasteiger partial charge in [0.1, 0.15) is 5.75 Å². The van der Waals surface area contributed by atoms with E-state index < -0.39 is 6.10 Å². The Bertz CT molecular complexity index is 1190. The third-order valence-corrected chi connectivity index (χ3v) is 6.60. The second-order valence-corrected chi connectivity index (χ2v) is 8.95. The summed E-state index contributed by atoms with van der Waals surface area (Å²) in [4.78, 5) is 27.7. The highest BCUT2D eigenvalue weighted by Crippen LogP contribution is 2.38. The number of urea groups is 1. The summed E-state index contributed by atoms with van der Waals surface area (Å²) in [5.41, 5.74) is 5.13. The fourth-order valence-corrected chi connectivity index (χ4v) is 4.90. The molecule has 0 fully saturated rings. The Morgan fingerprint density at radius 2 is 1.82 bits per heavy atom. The van der Waals surface area contributed by atoms with Gasteiger partial charge in [0.2, 0.25) is 0 Å². The summed E-state index contributed by atoms with van der Waals surface area (Å²) in [7, 11) is 0. The van der Waals surface area contributed by atoms with Crippen LogP contribution in [0.3, 0.4) is 0 Å². The first-order valence-electron chi connectivity index (χ1n) is 11.8. The average Bonchev–Trinajstić information content (AvgIpc) is 2.99. The van der Waals surface area contributed by atoms with Crippen molar-refractivity contribution in [1.29, 1.82) is 0 Å². The molecule has 2 N–H and O–H groups in total. The van der Waals surface area contributed by atoms with Gasteiger partial charge in [-0.15, -0.1) is 0 Å². The lowest BCUT2D eigenvalue weighted by atomic mass is 9.86. The number of amides is 3. The van der Waals surface area contributed by atoms with E-state index in [0.29, 0.717) is 24.5 Å². The van der Waals surface area contributed by atoms with Crippen LogP contribution in [0, 0.1) is 0 Å². The maximum atomic E-state index is 13.3. The smallest absolute Gasteiger partial charge is 0.319 e. The zero-order chi connectivity index (χ0) is 23.5. The van der Waals surface area contributed by atoms with Gasteiger partial charge < -0.3 is 20.3 Å². The van der Waals surface area contributed by atoms with Crippen LogP contribution in [-0.2, 0) is 24.3 Å². The van der Waals surface area contributed by atoms with E-state index in [1.54, 1.807) is 0 Å². The van der Waals surface area contributed by atoms with E-state index in [2.05, 4.69) is 28.8 Å². The van der Waals surface area contributed by atoms with E-state index in [-0.39, 0.29) is 18.0 Å². The minimum Gasteiger partial charge on any atom is -0.481 e. The zero-order valence-electron chi connectivity index (χ0n) is 19.3. The minimum absolute atomic E-state index is 0.00647. The molecule has 34 heavy (non-hydrogen) atoms. The van der Waals surface area contributed by atoms with Crippen LogP contribution in [-0.4, -0.2) is 22.9 Å². The Labute approximate surface area is 199 Å². The largest absolute Gasteiger partial charge is 0.481 e. The second kappa shape index (κ2) is 9.59. The highest BCUT2D eigenvalue weighted by atomic mass is 16.5. The van der Waals surface area contributed by atoms with Crippen molar-refractivity contribution in [3.63, 3.8) is 0 Å². The number of fused-ring (bicyclic) bond motifs is 2. The molecule has 1 aliphatic heterocycles. The standard InChI is InChI=1S/C28H29N3O3/c1-19-27(32)31(25-13-7-11-21-10-5-6-12-24(21)25)18-22-16-23(14-15-26(22)34-19)30-28(33)29-17-20-8-3-2-4-9-20/h2-6,8-10,12,14-16,19,25H,7,11,13,17-18H2,1H3,(H2,29,30,33)/t19-,25+/m0/s1. The summed E-state index contributed by atoms with van der Waals surface area (Å²) in [5.74, 6) is 0.677. The van der Waals surface area contributed by atoms with E-state index >= 15 is 0 Å². The molecular formula is C28H29N3O3. The van der Waals surface area contributed by atoms with E-state index in [1.165, 1.54) is 11.1 Å². The number of carbonyl (C=O) groups is 2. The molecule has 2 aliphatic rings. The molecule has 0 radical (unpaired) electrons. The van der Waals surface area contributed by atoms with Crippen molar-refractivity contribution in [2.24, 2.45) is 0 Å². The molecule has 2 atom stereocenters. The number of anilines is 1. The van der Waals surface area contributed by atoms with Crippen molar-refractivity contribution >= 4 is 17.6 Å². The number of rotatable bonds is 4. The van der Waals surface area contributed by atoms with E-state index in [0.717, 1.165) is 30.4 Å². The predicted octanol–water partition coefficient (Wildman–Crippen LogP) is 5.20. The molecule has 0 bridgehead atoms. The number of benzene rings is 3. The molecule has 6 nitrogen and oxygen atoms in total. The number of nitrogens with zero attached hydrogens (tertiary/aromatic N) is 1. The molecule has 174 valence electrons. The Morgan fingerprint density at radius 3 is 2.68 bits per heavy atom. The molecule has 3 amide bonds. The van der Waals surface area contributed by atoms with Crippen molar-refractivity contribution in [1.82, 2.24) is 10.2 Å². The van der Waals surface area contributed by atoms with Gasteiger partial charge >= 0.3 is 6.03 Å². The molecular weight excluding hydrogens is 426 g/mol. The Kier molecular flexibility index (Phi) is 6.21. The van der Waals surface area contributed by atoms with Gasteiger partial charge in [-0.1, -0.05) is 54.6 Å². The third kappa shape index (κ3) is 4.62. The fourth-order valence-electron chi connectivity index (χ4n) is 4.90. The summed E-state index contributed by atoms with van der Waals surface area (Å²) in [6.07, 6.45) is 2.47. The molecule has 0 saturated heterocycles. The molecule has 3 aromatic rings. The van der Waals surface area contributed by atoms with Crippen molar-refractivity contribution in [3.05, 3.63) is 95.1 Å². The normalized spacial score (nSPS) is 19.3. The molecule has 5 rings (SSSR count). The number of nitrogens with one attached hydrogen (secondary N) is 2. The summed E-state index contributed by atoms with van der Waals surface area (Å²) >= 11 is 0. The highest BCUT2D eigenvalue weighted by molar-refractivity contribution is 5.89. The zero-order valence-corrected chi connectivity index (χ0v) is 19.3. The van der Waals surface area contributed by atoms with Gasteiger partial charge in [0.15, 0.2) is 6.10 Å². The predicted molar refractivity (Wildman–Crippen MR) is 132 cm³/mol. The summed E-state index contributed by atoms with van der Waals surface area (Å²) in [6.45, 7) is 2.70. The quantitative estimate of drug-likeness (QED) is 0.568. The molecule has 0 aromatic heterocycles. The van der Waals surface area contributed by atoms with Crippen molar-refractivity contribution in [2.75, 3.05) is 5.32 Å². The number of hydrogen-bond donors (Lipinski definition) is 2. The van der Waals surface area contributed by atoms with Gasteiger partial charge in [-0.05, 0) is 61.1 Å². The first-order chi connectivity index (χ1) is 16.6. The summed E-state index contributed by atoms with van der Waals surface area (Å²) < 4.78 is 6.02. The van der Waals surface area contributed by atoms with Crippen molar-refractivity contribution in [2.45, 2.75) is 51.4 Å². The summed E-state index contributed by atoms with van der Waals surface area (Å²) in [5, 5.41) is 5.79. The minimum atomic E-state index is -0.566. The number of aryl methyl sites for hydroxylation is 1. The maximum absolute atomic E-state index is 13.3. The van der Waals surface area contributed by atoms with Gasteiger partial charge in [0.25, 0.3) is 5.91 Å². The van der Waals surface area contributed by atoms with Crippen molar-refractivity contribution < 1.29 is 14.3 Å². The third-order valence-electron chi connectivity index (χ3n) is 6.60. The van der Waals surface area contributed by atoms with Crippen LogP contribution in [0.2, 0.25) is 0 Å². The lowest BCUT2D eigenvalue weighted by Gasteiger charge is -2.35. The number of hydrogen-bond acceptors (Lipinski definition) is 3. The van der Waals surface area contributed by atoms with Gasteiger partial charge in [0.05, 0.1) is 12.6 Å². The molecule has 1 aliphatic carbocycles. The van der Waals surface area contributed by atoms with Crippen LogP contribution in [0.25, 0.3) is 0 Å². The van der Waals surface area contributed by atoms with Crippen LogP contribution in [0.1, 0.15) is 48.1 Å². The lowest BCUT2D eigenvalue weighted by Crippen LogP contribution is -2.41. The average molecular weight is 456 g/mol. The number of carbonyl (C=O) groups excluding carboxylic acids is 2. The molecule has 3 aromatic carbocycles. The van der Waals surface area contributed by atoms with Crippen LogP contribution in [0.15, 0.2) is 72.8 Å². The van der Waals surface area contributed by atoms with Crippen molar-refractivity contribution in [3.8, 4) is 5.75 Å². The molecule has 0 saturated carbocycles. The van der Waals surface area contributed by atoms with Crippen LogP contribution < -0.4 is 15.4 Å². The Morgan fingerprint density at radius 1 is 1.03 bits per heavy atom. The maximum Gasteiger partial charge on any atom is 0.319 e. The van der Waals surface area contributed by atoms with Gasteiger partial charge in [-0.3, -0.25) is 4.79 Å². The molecule has 0 unspecified atom stereocenters. The SMILES string of the molecule is C[C@@H]1Oc2ccc(NC(=O)NCc3ccccc3)cc2CN([C@@H]2CCCc3ccccc32)C1=O. The first kappa shape index (κ1) is 22.0. The molecule has 1 heterocycles. The molecule has 6 heteroatoms. The lowest BCUT2D eigenvalue weighted by molar-refractivity contribution is -0.140. The fraction of sp³-hybridized carbons (Fsp3) is 0.286. The van der Waals surface area contributed by atoms with E-state index in [1.807, 2.05) is 66.4 Å². The Balaban J connectivity index is 1.35. The van der Waals surface area contributed by atoms with Crippen LogP contribution in [0.5, 0.6) is 5.75 Å².